The number of nitrogens with one attached hydrogen (secondary N) is 1. The van der Waals surface area contributed by atoms with Gasteiger partial charge in [0.2, 0.25) is 0 Å². The number of nitrogens with two attached hydrogens (primary N) is 1. The maximum absolute atomic E-state index is 6.00. The Morgan fingerprint density at radius 2 is 1.90 bits per heavy atom. The number of ether oxygens (including phenoxy) is 1. The quantitative estimate of drug-likeness (QED) is 0.655. The van der Waals surface area contributed by atoms with Crippen LogP contribution in [0.25, 0.3) is 0 Å². The van der Waals surface area contributed by atoms with Crippen LogP contribution in [0.15, 0.2) is 42.5 Å². The van der Waals surface area contributed by atoms with Crippen molar-refractivity contribution in [3.63, 3.8) is 0 Å². The van der Waals surface area contributed by atoms with Gasteiger partial charge in [0.25, 0.3) is 0 Å². The second-order valence-corrected chi connectivity index (χ2v) is 5.02. The molecule has 0 bridgehead atoms. The van der Waals surface area contributed by atoms with E-state index in [0.717, 1.165) is 23.3 Å². The third-order valence-corrected chi connectivity index (χ3v) is 3.63. The van der Waals surface area contributed by atoms with Gasteiger partial charge in [-0.2, -0.15) is 0 Å². The van der Waals surface area contributed by atoms with Gasteiger partial charge in [0.05, 0.1) is 13.2 Å². The van der Waals surface area contributed by atoms with Crippen LogP contribution in [0.4, 0.5) is 0 Å². The molecule has 0 spiro atoms. The lowest BCUT2D eigenvalue weighted by molar-refractivity contribution is 0.404. The molecule has 106 valence electrons. The maximum Gasteiger partial charge on any atom is 0.125 e. The Bertz CT molecular complexity index is 569. The number of halogens is 1. The van der Waals surface area contributed by atoms with Crippen molar-refractivity contribution in [3.8, 4) is 5.75 Å². The molecule has 2 rings (SSSR count). The third kappa shape index (κ3) is 3.12. The van der Waals surface area contributed by atoms with E-state index in [4.69, 9.17) is 22.2 Å². The summed E-state index contributed by atoms with van der Waals surface area (Å²) in [6.07, 6.45) is 1.02. The molecular formula is C16H19ClN2O. The third-order valence-electron chi connectivity index (χ3n) is 3.39. The average molecular weight is 291 g/mol. The smallest absolute Gasteiger partial charge is 0.125 e. The number of methoxy groups -OCH3 is 1. The first-order chi connectivity index (χ1) is 9.69. The fourth-order valence-electron chi connectivity index (χ4n) is 2.23. The Labute approximate surface area is 124 Å². The summed E-state index contributed by atoms with van der Waals surface area (Å²) in [7, 11) is 1.63. The molecule has 0 heterocycles. The van der Waals surface area contributed by atoms with Crippen molar-refractivity contribution in [1.82, 2.24) is 5.43 Å². The van der Waals surface area contributed by atoms with Crippen LogP contribution in [0.5, 0.6) is 5.75 Å². The number of aryl methyl sites for hydroxylation is 1. The Balaban J connectivity index is 2.40. The predicted octanol–water partition coefficient (Wildman–Crippen LogP) is 3.46. The molecule has 1 unspecified atom stereocenters. The summed E-state index contributed by atoms with van der Waals surface area (Å²) in [6.45, 7) is 2.13. The largest absolute Gasteiger partial charge is 0.496 e. The molecule has 2 aromatic carbocycles. The van der Waals surface area contributed by atoms with Gasteiger partial charge >= 0.3 is 0 Å². The lowest BCUT2D eigenvalue weighted by Crippen LogP contribution is -2.29. The highest BCUT2D eigenvalue weighted by Crippen LogP contribution is 2.31. The van der Waals surface area contributed by atoms with Crippen LogP contribution < -0.4 is 16.0 Å². The van der Waals surface area contributed by atoms with Crippen molar-refractivity contribution in [2.75, 3.05) is 7.11 Å². The lowest BCUT2D eigenvalue weighted by atomic mass is 9.97. The number of hydrazine groups is 1. The summed E-state index contributed by atoms with van der Waals surface area (Å²) in [4.78, 5) is 0. The second kappa shape index (κ2) is 6.75. The van der Waals surface area contributed by atoms with Crippen LogP contribution in [0.1, 0.15) is 29.7 Å². The molecule has 0 aliphatic rings. The minimum atomic E-state index is -0.131. The Morgan fingerprint density at radius 3 is 2.45 bits per heavy atom. The van der Waals surface area contributed by atoms with E-state index in [-0.39, 0.29) is 6.04 Å². The summed E-state index contributed by atoms with van der Waals surface area (Å²) >= 11 is 6.00. The normalized spacial score (nSPS) is 12.2. The molecule has 0 fully saturated rings. The number of hydrogen-bond donors (Lipinski definition) is 2. The molecule has 0 saturated heterocycles. The Morgan fingerprint density at radius 1 is 1.20 bits per heavy atom. The van der Waals surface area contributed by atoms with Gasteiger partial charge < -0.3 is 4.74 Å². The summed E-state index contributed by atoms with van der Waals surface area (Å²) < 4.78 is 5.40. The highest BCUT2D eigenvalue weighted by Gasteiger charge is 2.17. The van der Waals surface area contributed by atoms with Gasteiger partial charge in [-0.1, -0.05) is 48.9 Å². The van der Waals surface area contributed by atoms with E-state index in [2.05, 4.69) is 36.6 Å². The first-order valence-electron chi connectivity index (χ1n) is 6.58. The van der Waals surface area contributed by atoms with Gasteiger partial charge in [0.1, 0.15) is 5.75 Å². The SMILES string of the molecule is CCc1ccc(C(NN)c2ccc(Cl)cc2OC)cc1. The van der Waals surface area contributed by atoms with Crippen LogP contribution >= 0.6 is 11.6 Å². The highest BCUT2D eigenvalue weighted by molar-refractivity contribution is 6.30. The van der Waals surface area contributed by atoms with Gasteiger partial charge in [-0.3, -0.25) is 5.84 Å². The standard InChI is InChI=1S/C16H19ClN2O/c1-3-11-4-6-12(7-5-11)16(19-18)14-9-8-13(17)10-15(14)20-2/h4-10,16,19H,3,18H2,1-2H3. The van der Waals surface area contributed by atoms with Gasteiger partial charge in [-0.25, -0.2) is 5.43 Å². The minimum absolute atomic E-state index is 0.131. The number of hydrogen-bond acceptors (Lipinski definition) is 3. The van der Waals surface area contributed by atoms with E-state index in [1.807, 2.05) is 12.1 Å². The van der Waals surface area contributed by atoms with E-state index in [0.29, 0.717) is 5.02 Å². The summed E-state index contributed by atoms with van der Waals surface area (Å²) in [5.41, 5.74) is 6.19. The monoisotopic (exact) mass is 290 g/mol. The lowest BCUT2D eigenvalue weighted by Gasteiger charge is -2.20. The predicted molar refractivity (Wildman–Crippen MR) is 83.0 cm³/mol. The topological polar surface area (TPSA) is 47.3 Å². The van der Waals surface area contributed by atoms with E-state index < -0.39 is 0 Å². The molecule has 0 aliphatic carbocycles. The van der Waals surface area contributed by atoms with Crippen molar-refractivity contribution in [2.24, 2.45) is 5.84 Å². The molecule has 0 aliphatic heterocycles. The average Bonchev–Trinajstić information content (AvgIpc) is 2.50. The zero-order valence-electron chi connectivity index (χ0n) is 11.7. The minimum Gasteiger partial charge on any atom is -0.496 e. The highest BCUT2D eigenvalue weighted by atomic mass is 35.5. The first-order valence-corrected chi connectivity index (χ1v) is 6.95. The van der Waals surface area contributed by atoms with Crippen molar-refractivity contribution < 1.29 is 4.74 Å². The van der Waals surface area contributed by atoms with E-state index in [1.165, 1.54) is 5.56 Å². The van der Waals surface area contributed by atoms with E-state index >= 15 is 0 Å². The van der Waals surface area contributed by atoms with Crippen molar-refractivity contribution in [3.05, 3.63) is 64.2 Å². The molecule has 4 heteroatoms. The zero-order valence-corrected chi connectivity index (χ0v) is 12.4. The van der Waals surface area contributed by atoms with Crippen LogP contribution in [0, 0.1) is 0 Å². The number of benzene rings is 2. The van der Waals surface area contributed by atoms with Crippen molar-refractivity contribution in [1.29, 1.82) is 0 Å². The molecule has 1 atom stereocenters. The summed E-state index contributed by atoms with van der Waals surface area (Å²) in [5.74, 6) is 6.45. The van der Waals surface area contributed by atoms with Crippen LogP contribution in [-0.2, 0) is 6.42 Å². The fraction of sp³-hybridized carbons (Fsp3) is 0.250. The molecule has 3 nitrogen and oxygen atoms in total. The van der Waals surface area contributed by atoms with Crippen LogP contribution in [0.3, 0.4) is 0 Å². The fourth-order valence-corrected chi connectivity index (χ4v) is 2.40. The van der Waals surface area contributed by atoms with Gasteiger partial charge in [0, 0.05) is 10.6 Å². The van der Waals surface area contributed by atoms with Crippen LogP contribution in [-0.4, -0.2) is 7.11 Å². The molecular weight excluding hydrogens is 272 g/mol. The van der Waals surface area contributed by atoms with Crippen molar-refractivity contribution in [2.45, 2.75) is 19.4 Å². The second-order valence-electron chi connectivity index (χ2n) is 4.58. The summed E-state index contributed by atoms with van der Waals surface area (Å²) in [5, 5.41) is 0.641. The van der Waals surface area contributed by atoms with E-state index in [1.54, 1.807) is 13.2 Å². The molecule has 0 radical (unpaired) electrons. The van der Waals surface area contributed by atoms with E-state index in [9.17, 15) is 0 Å². The van der Waals surface area contributed by atoms with Gasteiger partial charge in [-0.05, 0) is 29.7 Å². The van der Waals surface area contributed by atoms with Crippen molar-refractivity contribution >= 4 is 11.6 Å². The molecule has 20 heavy (non-hydrogen) atoms. The molecule has 0 saturated carbocycles. The van der Waals surface area contributed by atoms with Gasteiger partial charge in [0.15, 0.2) is 0 Å². The maximum atomic E-state index is 6.00. The van der Waals surface area contributed by atoms with Gasteiger partial charge in [-0.15, -0.1) is 0 Å². The number of rotatable bonds is 5. The molecule has 0 aromatic heterocycles. The first kappa shape index (κ1) is 14.9. The Kier molecular flexibility index (Phi) is 5.01. The van der Waals surface area contributed by atoms with Crippen LogP contribution in [0.2, 0.25) is 5.02 Å². The molecule has 3 N–H and O–H groups in total. The molecule has 2 aromatic rings. The summed E-state index contributed by atoms with van der Waals surface area (Å²) in [6, 6.07) is 13.8. The zero-order chi connectivity index (χ0) is 14.5. The molecule has 0 amide bonds. The Hall–Kier alpha value is -1.55.